The minimum absolute atomic E-state index is 0.283. The summed E-state index contributed by atoms with van der Waals surface area (Å²) in [6, 6.07) is -1.22. The average molecular weight is 576 g/mol. The highest BCUT2D eigenvalue weighted by atomic mass is 32.2. The number of rotatable bonds is 28. The highest BCUT2D eigenvalue weighted by Gasteiger charge is 2.27. The molecular formula is C31H61NO6S. The van der Waals surface area contributed by atoms with Crippen molar-refractivity contribution in [3.63, 3.8) is 0 Å². The first-order valence-corrected chi connectivity index (χ1v) is 17.6. The second kappa shape index (κ2) is 26.0. The molecule has 3 unspecified atom stereocenters. The molecule has 0 aromatic carbocycles. The lowest BCUT2D eigenvalue weighted by Gasteiger charge is -2.22. The van der Waals surface area contributed by atoms with Gasteiger partial charge in [0.15, 0.2) is 0 Å². The number of carbonyl (C=O) groups excluding carboxylic acids is 1. The van der Waals surface area contributed by atoms with E-state index in [1.54, 1.807) is 6.08 Å². The molecule has 0 aromatic rings. The van der Waals surface area contributed by atoms with Gasteiger partial charge in [0.05, 0.1) is 17.9 Å². The van der Waals surface area contributed by atoms with Gasteiger partial charge in [0.25, 0.3) is 10.1 Å². The topological polar surface area (TPSA) is 124 Å². The van der Waals surface area contributed by atoms with Gasteiger partial charge < -0.3 is 15.5 Å². The maximum Gasteiger partial charge on any atom is 0.267 e. The molecule has 0 fully saturated rings. The quantitative estimate of drug-likeness (QED) is 0.0442. The van der Waals surface area contributed by atoms with Crippen molar-refractivity contribution < 1.29 is 28.0 Å². The van der Waals surface area contributed by atoms with Crippen LogP contribution in [-0.4, -0.2) is 53.1 Å². The second-order valence-corrected chi connectivity index (χ2v) is 12.7. The van der Waals surface area contributed by atoms with Gasteiger partial charge in [-0.15, -0.1) is 0 Å². The van der Waals surface area contributed by atoms with E-state index in [2.05, 4.69) is 19.2 Å². The lowest BCUT2D eigenvalue weighted by molar-refractivity contribution is -0.130. The number of hydrogen-bond acceptors (Lipinski definition) is 5. The third-order valence-corrected chi connectivity index (χ3v) is 8.10. The fraction of sp³-hybridized carbons (Fsp3) is 0.903. The van der Waals surface area contributed by atoms with E-state index in [0.29, 0.717) is 6.42 Å². The van der Waals surface area contributed by atoms with Crippen LogP contribution in [0, 0.1) is 0 Å². The average Bonchev–Trinajstić information content (AvgIpc) is 2.88. The van der Waals surface area contributed by atoms with E-state index < -0.39 is 40.0 Å². The standard InChI is InChI=1S/C31H61NO6S/c1-3-5-7-9-11-13-14-15-16-18-19-21-23-25-29(33)28(27-39(36,37)38)32-31(35)30(34)26-24-22-20-17-12-10-8-6-4-2/h23,25,28-30,33-34H,3-22,24,26-27H2,1-2H3,(H,32,35)(H,36,37,38)/b25-23+. The van der Waals surface area contributed by atoms with Gasteiger partial charge >= 0.3 is 0 Å². The van der Waals surface area contributed by atoms with Crippen molar-refractivity contribution >= 4 is 16.0 Å². The fourth-order valence-electron chi connectivity index (χ4n) is 4.81. The number of nitrogens with one attached hydrogen (secondary N) is 1. The third-order valence-electron chi connectivity index (χ3n) is 7.32. The largest absolute Gasteiger partial charge is 0.387 e. The van der Waals surface area contributed by atoms with Gasteiger partial charge in [0.2, 0.25) is 5.91 Å². The SMILES string of the molecule is CCCCCCCCCCCCC/C=C/C(O)C(CS(=O)(=O)O)NC(=O)C(O)CCCCCCCCCCC. The van der Waals surface area contributed by atoms with Crippen LogP contribution in [0.15, 0.2) is 12.2 Å². The summed E-state index contributed by atoms with van der Waals surface area (Å²) in [4.78, 5) is 12.4. The van der Waals surface area contributed by atoms with E-state index in [4.69, 9.17) is 0 Å². The summed E-state index contributed by atoms with van der Waals surface area (Å²) in [6.07, 6.45) is 25.6. The number of allylic oxidation sites excluding steroid dienone is 1. The third kappa shape index (κ3) is 25.7. The normalized spacial score (nSPS) is 14.5. The molecule has 8 heteroatoms. The first-order chi connectivity index (χ1) is 18.7. The molecule has 0 aliphatic rings. The summed E-state index contributed by atoms with van der Waals surface area (Å²) in [5.41, 5.74) is 0. The minimum Gasteiger partial charge on any atom is -0.387 e. The molecule has 0 aromatic heterocycles. The predicted molar refractivity (Wildman–Crippen MR) is 162 cm³/mol. The van der Waals surface area contributed by atoms with Crippen molar-refractivity contribution in [3.05, 3.63) is 12.2 Å². The Morgan fingerprint density at radius 2 is 1.10 bits per heavy atom. The number of unbranched alkanes of at least 4 members (excludes halogenated alkanes) is 19. The molecule has 0 radical (unpaired) electrons. The second-order valence-electron chi connectivity index (χ2n) is 11.2. The van der Waals surface area contributed by atoms with Crippen molar-refractivity contribution in [1.82, 2.24) is 5.32 Å². The van der Waals surface area contributed by atoms with Crippen LogP contribution in [0.4, 0.5) is 0 Å². The Hall–Kier alpha value is -0.960. The maximum atomic E-state index is 12.4. The van der Waals surface area contributed by atoms with Gasteiger partial charge in [-0.3, -0.25) is 9.35 Å². The predicted octanol–water partition coefficient (Wildman–Crippen LogP) is 7.26. The summed E-state index contributed by atoms with van der Waals surface area (Å²) in [6.45, 7) is 4.43. The summed E-state index contributed by atoms with van der Waals surface area (Å²) in [5.74, 6) is -1.53. The van der Waals surface area contributed by atoms with Gasteiger partial charge in [-0.25, -0.2) is 0 Å². The first kappa shape index (κ1) is 38.0. The Kier molecular flexibility index (Phi) is 25.3. The number of aliphatic hydroxyl groups excluding tert-OH is 2. The lowest BCUT2D eigenvalue weighted by atomic mass is 10.0. The summed E-state index contributed by atoms with van der Waals surface area (Å²) < 4.78 is 32.2. The van der Waals surface area contributed by atoms with E-state index in [0.717, 1.165) is 38.5 Å². The Morgan fingerprint density at radius 3 is 1.54 bits per heavy atom. The zero-order valence-electron chi connectivity index (χ0n) is 25.1. The Bertz CT molecular complexity index is 697. The van der Waals surface area contributed by atoms with Gasteiger partial charge in [-0.2, -0.15) is 8.42 Å². The van der Waals surface area contributed by atoms with Crippen molar-refractivity contribution in [2.24, 2.45) is 0 Å². The van der Waals surface area contributed by atoms with Gasteiger partial charge in [0, 0.05) is 0 Å². The van der Waals surface area contributed by atoms with E-state index in [-0.39, 0.29) is 6.42 Å². The maximum absolute atomic E-state index is 12.4. The zero-order chi connectivity index (χ0) is 29.2. The van der Waals surface area contributed by atoms with Crippen LogP contribution in [0.3, 0.4) is 0 Å². The van der Waals surface area contributed by atoms with Crippen LogP contribution in [0.2, 0.25) is 0 Å². The lowest BCUT2D eigenvalue weighted by Crippen LogP contribution is -2.50. The first-order valence-electron chi connectivity index (χ1n) is 16.0. The molecule has 3 atom stereocenters. The molecule has 232 valence electrons. The van der Waals surface area contributed by atoms with Gasteiger partial charge in [0.1, 0.15) is 6.10 Å². The van der Waals surface area contributed by atoms with E-state index in [9.17, 15) is 28.0 Å². The van der Waals surface area contributed by atoms with Crippen LogP contribution < -0.4 is 5.32 Å². The molecule has 0 rings (SSSR count). The van der Waals surface area contributed by atoms with E-state index >= 15 is 0 Å². The van der Waals surface area contributed by atoms with Crippen LogP contribution in [0.25, 0.3) is 0 Å². The van der Waals surface area contributed by atoms with Crippen molar-refractivity contribution in [1.29, 1.82) is 0 Å². The summed E-state index contributed by atoms with van der Waals surface area (Å²) >= 11 is 0. The molecule has 0 aliphatic heterocycles. The van der Waals surface area contributed by atoms with Gasteiger partial charge in [-0.1, -0.05) is 148 Å². The van der Waals surface area contributed by atoms with Crippen molar-refractivity contribution in [2.45, 2.75) is 173 Å². The van der Waals surface area contributed by atoms with Crippen molar-refractivity contribution in [3.8, 4) is 0 Å². The van der Waals surface area contributed by atoms with E-state index in [1.807, 2.05) is 0 Å². The summed E-state index contributed by atoms with van der Waals surface area (Å²) in [5, 5.41) is 23.1. The molecule has 0 aliphatic carbocycles. The van der Waals surface area contributed by atoms with Crippen LogP contribution in [0.1, 0.15) is 155 Å². The van der Waals surface area contributed by atoms with Crippen LogP contribution in [0.5, 0.6) is 0 Å². The number of amides is 1. The Morgan fingerprint density at radius 1 is 0.692 bits per heavy atom. The van der Waals surface area contributed by atoms with Crippen LogP contribution in [-0.2, 0) is 14.9 Å². The molecule has 7 nitrogen and oxygen atoms in total. The molecule has 4 N–H and O–H groups in total. The van der Waals surface area contributed by atoms with Crippen molar-refractivity contribution in [2.75, 3.05) is 5.75 Å². The number of carbonyl (C=O) groups is 1. The molecule has 0 heterocycles. The number of hydrogen-bond donors (Lipinski definition) is 4. The fourth-order valence-corrected chi connectivity index (χ4v) is 5.54. The highest BCUT2D eigenvalue weighted by Crippen LogP contribution is 2.14. The Labute approximate surface area is 240 Å². The molecule has 0 saturated carbocycles. The molecule has 1 amide bonds. The molecule has 0 saturated heterocycles. The smallest absolute Gasteiger partial charge is 0.267 e. The van der Waals surface area contributed by atoms with Crippen LogP contribution >= 0.6 is 0 Å². The highest BCUT2D eigenvalue weighted by molar-refractivity contribution is 7.85. The molecule has 39 heavy (non-hydrogen) atoms. The molecule has 0 spiro atoms. The zero-order valence-corrected chi connectivity index (χ0v) is 25.9. The molecule has 0 bridgehead atoms. The van der Waals surface area contributed by atoms with E-state index in [1.165, 1.54) is 96.0 Å². The number of aliphatic hydroxyl groups is 2. The molecular weight excluding hydrogens is 514 g/mol. The summed E-state index contributed by atoms with van der Waals surface area (Å²) in [7, 11) is -4.42. The Balaban J connectivity index is 4.22. The minimum atomic E-state index is -4.42. The monoisotopic (exact) mass is 575 g/mol. The van der Waals surface area contributed by atoms with Gasteiger partial charge in [-0.05, 0) is 19.3 Å².